The third-order valence-electron chi connectivity index (χ3n) is 6.75. The van der Waals surface area contributed by atoms with E-state index in [4.69, 9.17) is 15.2 Å². The number of methoxy groups -OCH3 is 1. The van der Waals surface area contributed by atoms with Crippen LogP contribution in [0.1, 0.15) is 51.0 Å². The van der Waals surface area contributed by atoms with Crippen molar-refractivity contribution >= 4 is 23.5 Å². The van der Waals surface area contributed by atoms with Crippen LogP contribution < -0.4 is 30.3 Å². The SMILES string of the molecule is CCOc1cc(OC)c(F)c(N2Cc3cnc(NC4CCC(N)CC4)nc3N(C3CC3)C2=O)c1F. The van der Waals surface area contributed by atoms with Gasteiger partial charge in [0.15, 0.2) is 23.1 Å². The highest BCUT2D eigenvalue weighted by molar-refractivity contribution is 6.06. The minimum atomic E-state index is -0.962. The number of nitrogens with one attached hydrogen (secondary N) is 1. The molecule has 3 N–H and O–H groups in total. The number of nitrogens with zero attached hydrogens (tertiary/aromatic N) is 4. The molecule has 2 aromatic rings. The molecule has 2 heterocycles. The van der Waals surface area contributed by atoms with Crippen LogP contribution in [0, 0.1) is 11.6 Å². The number of amides is 2. The van der Waals surface area contributed by atoms with E-state index in [0.717, 1.165) is 49.5 Å². The Balaban J connectivity index is 1.50. The van der Waals surface area contributed by atoms with Gasteiger partial charge in [-0.25, -0.2) is 18.6 Å². The molecule has 1 aromatic heterocycles. The van der Waals surface area contributed by atoms with Crippen molar-refractivity contribution in [2.75, 3.05) is 28.8 Å². The number of carbonyl (C=O) groups excluding carboxylic acids is 1. The maximum absolute atomic E-state index is 15.4. The Morgan fingerprint density at radius 1 is 1.14 bits per heavy atom. The van der Waals surface area contributed by atoms with Crippen molar-refractivity contribution in [3.63, 3.8) is 0 Å². The number of urea groups is 1. The number of halogens is 2. The molecule has 3 aliphatic rings. The van der Waals surface area contributed by atoms with E-state index in [1.807, 2.05) is 0 Å². The monoisotopic (exact) mass is 488 g/mol. The fourth-order valence-corrected chi connectivity index (χ4v) is 4.75. The average Bonchev–Trinajstić information content (AvgIpc) is 3.68. The lowest BCUT2D eigenvalue weighted by Gasteiger charge is -2.37. The zero-order chi connectivity index (χ0) is 24.7. The molecule has 1 aliphatic heterocycles. The first-order valence-corrected chi connectivity index (χ1v) is 12.1. The van der Waals surface area contributed by atoms with Crippen molar-refractivity contribution in [3.8, 4) is 11.5 Å². The van der Waals surface area contributed by atoms with Crippen LogP contribution in [0.2, 0.25) is 0 Å². The standard InChI is InChI=1S/C24H30F2N6O3/c1-3-35-18-10-17(34-2)19(25)21(20(18)26)31-12-13-11-28-23(29-15-6-4-14(27)5-7-15)30-22(13)32(24(31)33)16-8-9-16/h10-11,14-16H,3-9,12,27H2,1-2H3,(H,28,29,30). The van der Waals surface area contributed by atoms with Crippen molar-refractivity contribution in [1.29, 1.82) is 0 Å². The van der Waals surface area contributed by atoms with Gasteiger partial charge in [0.05, 0.1) is 20.3 Å². The molecule has 0 atom stereocenters. The molecular weight excluding hydrogens is 458 g/mol. The molecular formula is C24H30F2N6O3. The lowest BCUT2D eigenvalue weighted by molar-refractivity contribution is 0.248. The van der Waals surface area contributed by atoms with E-state index in [-0.39, 0.29) is 42.8 Å². The van der Waals surface area contributed by atoms with Crippen LogP contribution in [0.25, 0.3) is 0 Å². The molecule has 0 bridgehead atoms. The molecule has 1 aromatic carbocycles. The Hall–Kier alpha value is -3.21. The van der Waals surface area contributed by atoms with Crippen molar-refractivity contribution in [2.24, 2.45) is 5.73 Å². The van der Waals surface area contributed by atoms with Gasteiger partial charge >= 0.3 is 6.03 Å². The Labute approximate surface area is 202 Å². The van der Waals surface area contributed by atoms with Gasteiger partial charge in [0, 0.05) is 36.0 Å². The molecule has 0 saturated heterocycles. The van der Waals surface area contributed by atoms with Crippen LogP contribution in [0.4, 0.5) is 31.0 Å². The predicted molar refractivity (Wildman–Crippen MR) is 127 cm³/mol. The van der Waals surface area contributed by atoms with E-state index in [9.17, 15) is 4.79 Å². The number of rotatable bonds is 7. The smallest absolute Gasteiger partial charge is 0.330 e. The van der Waals surface area contributed by atoms with E-state index in [0.29, 0.717) is 17.3 Å². The molecule has 11 heteroatoms. The van der Waals surface area contributed by atoms with Crippen LogP contribution in [-0.2, 0) is 6.54 Å². The quantitative estimate of drug-likeness (QED) is 0.608. The Kier molecular flexibility index (Phi) is 6.35. The predicted octanol–water partition coefficient (Wildman–Crippen LogP) is 3.95. The summed E-state index contributed by atoms with van der Waals surface area (Å²) in [4.78, 5) is 25.3. The summed E-state index contributed by atoms with van der Waals surface area (Å²) in [5.41, 5.74) is 6.10. The van der Waals surface area contributed by atoms with Gasteiger partial charge in [-0.15, -0.1) is 0 Å². The number of benzene rings is 1. The van der Waals surface area contributed by atoms with Crippen LogP contribution in [-0.4, -0.2) is 47.8 Å². The van der Waals surface area contributed by atoms with E-state index < -0.39 is 23.4 Å². The fraction of sp³-hybridized carbons (Fsp3) is 0.542. The first-order valence-electron chi connectivity index (χ1n) is 12.1. The average molecular weight is 489 g/mol. The van der Waals surface area contributed by atoms with Crippen LogP contribution in [0.15, 0.2) is 12.3 Å². The molecule has 0 spiro atoms. The second kappa shape index (κ2) is 9.44. The van der Waals surface area contributed by atoms with Gasteiger partial charge in [-0.05, 0) is 45.4 Å². The van der Waals surface area contributed by atoms with Crippen molar-refractivity contribution in [1.82, 2.24) is 9.97 Å². The number of ether oxygens (including phenoxy) is 2. The lowest BCUT2D eigenvalue weighted by atomic mass is 9.92. The third kappa shape index (κ3) is 4.44. The third-order valence-corrected chi connectivity index (χ3v) is 6.75. The zero-order valence-corrected chi connectivity index (χ0v) is 19.9. The van der Waals surface area contributed by atoms with Crippen LogP contribution in [0.5, 0.6) is 11.5 Å². The lowest BCUT2D eigenvalue weighted by Crippen LogP contribution is -2.49. The van der Waals surface area contributed by atoms with Gasteiger partial charge in [0.1, 0.15) is 11.5 Å². The van der Waals surface area contributed by atoms with Crippen molar-refractivity contribution in [3.05, 3.63) is 29.5 Å². The second-order valence-electron chi connectivity index (χ2n) is 9.25. The number of nitrogens with two attached hydrogens (primary N) is 1. The summed E-state index contributed by atoms with van der Waals surface area (Å²) in [6.07, 6.45) is 6.93. The minimum absolute atomic E-state index is 0.0808. The van der Waals surface area contributed by atoms with Gasteiger partial charge in [0.25, 0.3) is 0 Å². The molecule has 2 saturated carbocycles. The maximum atomic E-state index is 15.4. The molecule has 2 aliphatic carbocycles. The summed E-state index contributed by atoms with van der Waals surface area (Å²) in [6.45, 7) is 1.78. The summed E-state index contributed by atoms with van der Waals surface area (Å²) < 4.78 is 41.1. The molecule has 35 heavy (non-hydrogen) atoms. The molecule has 2 amide bonds. The molecule has 9 nitrogen and oxygen atoms in total. The fourth-order valence-electron chi connectivity index (χ4n) is 4.75. The molecule has 5 rings (SSSR count). The highest BCUT2D eigenvalue weighted by Gasteiger charge is 2.44. The summed E-state index contributed by atoms with van der Waals surface area (Å²) in [6, 6.07) is 0.976. The number of hydrogen-bond acceptors (Lipinski definition) is 7. The maximum Gasteiger partial charge on any atom is 0.330 e. The highest BCUT2D eigenvalue weighted by atomic mass is 19.1. The molecule has 188 valence electrons. The number of hydrogen-bond donors (Lipinski definition) is 2. The second-order valence-corrected chi connectivity index (χ2v) is 9.25. The van der Waals surface area contributed by atoms with Gasteiger partial charge in [-0.1, -0.05) is 0 Å². The van der Waals surface area contributed by atoms with Gasteiger partial charge in [-0.3, -0.25) is 9.80 Å². The van der Waals surface area contributed by atoms with Gasteiger partial charge < -0.3 is 20.5 Å². The molecule has 0 radical (unpaired) electrons. The van der Waals surface area contributed by atoms with E-state index in [1.165, 1.54) is 12.0 Å². The Bertz CT molecular complexity index is 1120. The topological polar surface area (TPSA) is 106 Å². The summed E-state index contributed by atoms with van der Waals surface area (Å²) in [5.74, 6) is -1.38. The van der Waals surface area contributed by atoms with E-state index in [1.54, 1.807) is 13.1 Å². The summed E-state index contributed by atoms with van der Waals surface area (Å²) >= 11 is 0. The van der Waals surface area contributed by atoms with Crippen molar-refractivity contribution in [2.45, 2.75) is 70.1 Å². The molecule has 0 unspecified atom stereocenters. The number of carbonyl (C=O) groups is 1. The highest BCUT2D eigenvalue weighted by Crippen LogP contribution is 2.43. The Morgan fingerprint density at radius 3 is 2.51 bits per heavy atom. The number of fused-ring (bicyclic) bond motifs is 1. The number of anilines is 3. The Morgan fingerprint density at radius 2 is 1.86 bits per heavy atom. The summed E-state index contributed by atoms with van der Waals surface area (Å²) in [5, 5.41) is 3.36. The van der Waals surface area contributed by atoms with Gasteiger partial charge in [0.2, 0.25) is 5.95 Å². The molecule has 2 fully saturated rings. The number of aromatic nitrogens is 2. The summed E-state index contributed by atoms with van der Waals surface area (Å²) in [7, 11) is 1.28. The zero-order valence-electron chi connectivity index (χ0n) is 19.9. The minimum Gasteiger partial charge on any atom is -0.493 e. The first-order chi connectivity index (χ1) is 16.9. The largest absolute Gasteiger partial charge is 0.493 e. The first kappa shape index (κ1) is 23.5. The van der Waals surface area contributed by atoms with E-state index in [2.05, 4.69) is 15.3 Å². The van der Waals surface area contributed by atoms with Crippen LogP contribution >= 0.6 is 0 Å². The van der Waals surface area contributed by atoms with Gasteiger partial charge in [-0.2, -0.15) is 4.98 Å². The van der Waals surface area contributed by atoms with Crippen molar-refractivity contribution < 1.29 is 23.0 Å². The van der Waals surface area contributed by atoms with E-state index >= 15 is 8.78 Å². The normalized spacial score (nSPS) is 22.1. The van der Waals surface area contributed by atoms with Crippen LogP contribution in [0.3, 0.4) is 0 Å².